The van der Waals surface area contributed by atoms with E-state index in [1.165, 1.54) is 12.1 Å². The Labute approximate surface area is 219 Å². The summed E-state index contributed by atoms with van der Waals surface area (Å²) in [4.78, 5) is 25.8. The van der Waals surface area contributed by atoms with E-state index in [2.05, 4.69) is 11.5 Å². The molecule has 3 heterocycles. The quantitative estimate of drug-likeness (QED) is 0.231. The Kier molecular flexibility index (Phi) is 6.65. The molecule has 1 aliphatic heterocycles. The molecule has 2 aromatic carbocycles. The van der Waals surface area contributed by atoms with Crippen LogP contribution in [0, 0.1) is 18.6 Å². The van der Waals surface area contributed by atoms with Gasteiger partial charge in [-0.25, -0.2) is 13.8 Å². The number of benzene rings is 2. The summed E-state index contributed by atoms with van der Waals surface area (Å²) in [5.74, 6) is -1.21. The summed E-state index contributed by atoms with van der Waals surface area (Å²) in [6.07, 6.45) is 3.01. The molecule has 5 rings (SSSR count). The lowest BCUT2D eigenvalue weighted by Gasteiger charge is -2.41. The van der Waals surface area contributed by atoms with Crippen molar-refractivity contribution in [2.45, 2.75) is 19.9 Å². The van der Waals surface area contributed by atoms with Crippen molar-refractivity contribution in [1.82, 2.24) is 14.9 Å². The van der Waals surface area contributed by atoms with Crippen LogP contribution in [0.25, 0.3) is 33.3 Å². The molecule has 8 heteroatoms. The Morgan fingerprint density at radius 2 is 1.89 bits per heavy atom. The van der Waals surface area contributed by atoms with Crippen LogP contribution in [0.3, 0.4) is 0 Å². The molecule has 1 atom stereocenters. The lowest BCUT2D eigenvalue weighted by Crippen LogP contribution is -2.53. The number of hydrogen-bond acceptors (Lipinski definition) is 4. The van der Waals surface area contributed by atoms with Crippen molar-refractivity contribution in [3.8, 4) is 22.4 Å². The van der Waals surface area contributed by atoms with Gasteiger partial charge in [0.2, 0.25) is 5.91 Å². The molecule has 0 aliphatic carbocycles. The predicted octanol–water partition coefficient (Wildman–Crippen LogP) is 6.43. The smallest absolute Gasteiger partial charge is 0.246 e. The second kappa shape index (κ2) is 9.90. The van der Waals surface area contributed by atoms with E-state index in [9.17, 15) is 9.18 Å². The summed E-state index contributed by atoms with van der Waals surface area (Å²) in [5, 5.41) is 0.219. The van der Waals surface area contributed by atoms with E-state index in [1.807, 2.05) is 50.2 Å². The van der Waals surface area contributed by atoms with E-state index < -0.39 is 16.7 Å². The van der Waals surface area contributed by atoms with Crippen molar-refractivity contribution >= 4 is 34.2 Å². The Balaban J connectivity index is 1.80. The first-order valence-corrected chi connectivity index (χ1v) is 12.4. The number of piperazine rings is 1. The Bertz CT molecular complexity index is 1540. The summed E-state index contributed by atoms with van der Waals surface area (Å²) < 4.78 is 29.6. The number of amides is 1. The fraction of sp³-hybridized carbons (Fsp3) is 0.207. The van der Waals surface area contributed by atoms with Gasteiger partial charge in [-0.3, -0.25) is 9.78 Å². The molecule has 0 unspecified atom stereocenters. The number of anilines is 1. The van der Waals surface area contributed by atoms with Crippen LogP contribution in [0.15, 0.2) is 67.4 Å². The molecule has 0 spiro atoms. The normalized spacial score (nSPS) is 15.8. The second-order valence-electron chi connectivity index (χ2n) is 9.13. The standard InChI is InChI=1S/C29H25ClF2N4O/c1-4-23(37)35-14-15-36(18(3)16-35)29-21-10-7-13-33-27(21)24(19-9-6-5-8-17(19)2)28(34-29)20-11-12-22(31)25(30)26(20)32/h4-13,18H,1,14-16H2,2-3H3/t18-/m0/s1. The number of halogens is 3. The molecule has 37 heavy (non-hydrogen) atoms. The monoisotopic (exact) mass is 518 g/mol. The van der Waals surface area contributed by atoms with E-state index in [4.69, 9.17) is 21.6 Å². The van der Waals surface area contributed by atoms with Crippen molar-refractivity contribution < 1.29 is 13.6 Å². The van der Waals surface area contributed by atoms with Crippen molar-refractivity contribution in [3.63, 3.8) is 0 Å². The zero-order valence-corrected chi connectivity index (χ0v) is 21.3. The van der Waals surface area contributed by atoms with Crippen LogP contribution in [-0.2, 0) is 4.79 Å². The number of aromatic nitrogens is 2. The van der Waals surface area contributed by atoms with Gasteiger partial charge in [-0.1, -0.05) is 42.4 Å². The van der Waals surface area contributed by atoms with Crippen molar-refractivity contribution in [2.24, 2.45) is 0 Å². The van der Waals surface area contributed by atoms with Crippen molar-refractivity contribution in [2.75, 3.05) is 24.5 Å². The summed E-state index contributed by atoms with van der Waals surface area (Å²) >= 11 is 6.00. The van der Waals surface area contributed by atoms with Crippen molar-refractivity contribution in [1.29, 1.82) is 0 Å². The van der Waals surface area contributed by atoms with Crippen LogP contribution in [0.4, 0.5) is 14.6 Å². The summed E-state index contributed by atoms with van der Waals surface area (Å²) in [7, 11) is 0. The summed E-state index contributed by atoms with van der Waals surface area (Å²) in [6, 6.07) is 14.0. The third-order valence-electron chi connectivity index (χ3n) is 6.83. The molecule has 1 fully saturated rings. The number of nitrogens with zero attached hydrogens (tertiary/aromatic N) is 4. The molecule has 1 aliphatic rings. The van der Waals surface area contributed by atoms with Gasteiger partial charge in [0.25, 0.3) is 0 Å². The fourth-order valence-electron chi connectivity index (χ4n) is 4.95. The molecular formula is C29H25ClF2N4O. The Morgan fingerprint density at radius 1 is 1.11 bits per heavy atom. The number of pyridine rings is 2. The SMILES string of the molecule is C=CC(=O)N1CCN(c2nc(-c3ccc(F)c(Cl)c3F)c(-c3ccccc3C)c3ncccc23)[C@@H](C)C1. The number of fused-ring (bicyclic) bond motifs is 1. The van der Waals surface area contributed by atoms with E-state index in [0.717, 1.165) is 22.6 Å². The van der Waals surface area contributed by atoms with Gasteiger partial charge in [0, 0.05) is 48.4 Å². The molecule has 0 bridgehead atoms. The van der Waals surface area contributed by atoms with E-state index >= 15 is 4.39 Å². The van der Waals surface area contributed by atoms with E-state index in [1.54, 1.807) is 11.1 Å². The third kappa shape index (κ3) is 4.33. The highest BCUT2D eigenvalue weighted by molar-refractivity contribution is 6.31. The first kappa shape index (κ1) is 24.8. The molecule has 0 radical (unpaired) electrons. The van der Waals surface area contributed by atoms with Gasteiger partial charge in [0.15, 0.2) is 5.82 Å². The maximum Gasteiger partial charge on any atom is 0.246 e. The van der Waals surface area contributed by atoms with Crippen LogP contribution in [-0.4, -0.2) is 46.5 Å². The highest BCUT2D eigenvalue weighted by Gasteiger charge is 2.30. The average Bonchev–Trinajstić information content (AvgIpc) is 2.91. The minimum atomic E-state index is -0.875. The summed E-state index contributed by atoms with van der Waals surface area (Å²) in [5.41, 5.74) is 3.51. The molecule has 4 aromatic rings. The van der Waals surface area contributed by atoms with Gasteiger partial charge in [0.1, 0.15) is 16.7 Å². The highest BCUT2D eigenvalue weighted by atomic mass is 35.5. The molecule has 2 aromatic heterocycles. The van der Waals surface area contributed by atoms with E-state index in [0.29, 0.717) is 42.2 Å². The first-order valence-electron chi connectivity index (χ1n) is 12.0. The molecule has 188 valence electrons. The molecule has 1 amide bonds. The molecule has 1 saturated heterocycles. The fourth-order valence-corrected chi connectivity index (χ4v) is 5.12. The first-order chi connectivity index (χ1) is 17.8. The molecule has 5 nitrogen and oxygen atoms in total. The van der Waals surface area contributed by atoms with Crippen LogP contribution in [0.5, 0.6) is 0 Å². The number of carbonyl (C=O) groups is 1. The van der Waals surface area contributed by atoms with Gasteiger partial charge < -0.3 is 9.80 Å². The summed E-state index contributed by atoms with van der Waals surface area (Å²) in [6.45, 7) is 9.07. The van der Waals surface area contributed by atoms with Gasteiger partial charge >= 0.3 is 0 Å². The van der Waals surface area contributed by atoms with Gasteiger partial charge in [0.05, 0.1) is 11.2 Å². The minimum Gasteiger partial charge on any atom is -0.350 e. The maximum absolute atomic E-state index is 15.5. The number of aryl methyl sites for hydroxylation is 1. The zero-order valence-electron chi connectivity index (χ0n) is 20.5. The third-order valence-corrected chi connectivity index (χ3v) is 7.18. The zero-order chi connectivity index (χ0) is 26.3. The van der Waals surface area contributed by atoms with Crippen LogP contribution in [0.1, 0.15) is 12.5 Å². The highest BCUT2D eigenvalue weighted by Crippen LogP contribution is 2.43. The largest absolute Gasteiger partial charge is 0.350 e. The minimum absolute atomic E-state index is 0.0765. The predicted molar refractivity (Wildman–Crippen MR) is 144 cm³/mol. The van der Waals surface area contributed by atoms with Gasteiger partial charge in [-0.05, 0) is 55.3 Å². The number of rotatable bonds is 4. The molecular weight excluding hydrogens is 494 g/mol. The topological polar surface area (TPSA) is 49.3 Å². The maximum atomic E-state index is 15.5. The Morgan fingerprint density at radius 3 is 2.62 bits per heavy atom. The van der Waals surface area contributed by atoms with Crippen LogP contribution >= 0.6 is 11.6 Å². The second-order valence-corrected chi connectivity index (χ2v) is 9.51. The average molecular weight is 519 g/mol. The van der Waals surface area contributed by atoms with Gasteiger partial charge in [-0.2, -0.15) is 0 Å². The lowest BCUT2D eigenvalue weighted by atomic mass is 9.93. The Hall–Kier alpha value is -3.84. The lowest BCUT2D eigenvalue weighted by molar-refractivity contribution is -0.126. The molecule has 0 N–H and O–H groups in total. The van der Waals surface area contributed by atoms with Crippen molar-refractivity contribution in [3.05, 3.63) is 89.6 Å². The number of hydrogen-bond donors (Lipinski definition) is 0. The van der Waals surface area contributed by atoms with Crippen LogP contribution in [0.2, 0.25) is 5.02 Å². The van der Waals surface area contributed by atoms with Crippen LogP contribution < -0.4 is 4.90 Å². The number of carbonyl (C=O) groups excluding carboxylic acids is 1. The van der Waals surface area contributed by atoms with E-state index in [-0.39, 0.29) is 17.5 Å². The van der Waals surface area contributed by atoms with Gasteiger partial charge in [-0.15, -0.1) is 0 Å². The molecule has 0 saturated carbocycles.